The van der Waals surface area contributed by atoms with Crippen LogP contribution in [0, 0.1) is 6.92 Å². The molecule has 0 amide bonds. The Morgan fingerprint density at radius 2 is 1.16 bits per heavy atom. The van der Waals surface area contributed by atoms with Crippen LogP contribution >= 0.6 is 0 Å². The lowest BCUT2D eigenvalue weighted by Gasteiger charge is -2.31. The van der Waals surface area contributed by atoms with Crippen molar-refractivity contribution in [3.05, 3.63) is 95.6 Å². The van der Waals surface area contributed by atoms with Gasteiger partial charge in [-0.15, -0.1) is 0 Å². The molecule has 0 fully saturated rings. The normalized spacial score (nSPS) is 13.0. The van der Waals surface area contributed by atoms with Crippen LogP contribution in [0.25, 0.3) is 0 Å². The van der Waals surface area contributed by atoms with E-state index in [1.807, 2.05) is 13.0 Å². The molecule has 0 aliphatic heterocycles. The van der Waals surface area contributed by atoms with Gasteiger partial charge in [-0.1, -0.05) is 48.0 Å². The zero-order chi connectivity index (χ0) is 18.1. The summed E-state index contributed by atoms with van der Waals surface area (Å²) in [6.07, 6.45) is 0. The first-order valence-corrected chi connectivity index (χ1v) is 9.58. The van der Waals surface area contributed by atoms with Crippen molar-refractivity contribution in [3.63, 3.8) is 0 Å². The second kappa shape index (κ2) is 6.04. The molecule has 0 saturated carbocycles. The fourth-order valence-electron chi connectivity index (χ4n) is 2.53. The molecule has 4 nitrogen and oxygen atoms in total. The van der Waals surface area contributed by atoms with Gasteiger partial charge in [-0.2, -0.15) is 0 Å². The summed E-state index contributed by atoms with van der Waals surface area (Å²) in [5.74, 6) is -0.193. The van der Waals surface area contributed by atoms with Crippen LogP contribution in [0.5, 0.6) is 0 Å². The van der Waals surface area contributed by atoms with Crippen molar-refractivity contribution in [2.75, 3.05) is 0 Å². The van der Waals surface area contributed by atoms with Crippen LogP contribution in [0.4, 0.5) is 0 Å². The summed E-state index contributed by atoms with van der Waals surface area (Å²) in [7, 11) is -5.18. The van der Waals surface area contributed by atoms with E-state index in [0.717, 1.165) is 5.56 Å². The maximum atomic E-state index is 12.9. The molecule has 2 N–H and O–H groups in total. The second-order valence-electron chi connectivity index (χ2n) is 5.90. The first-order valence-electron chi connectivity index (χ1n) is 7.70. The van der Waals surface area contributed by atoms with Crippen LogP contribution in [-0.2, 0) is 9.63 Å². The zero-order valence-electron chi connectivity index (χ0n) is 13.6. The largest absolute Gasteiger partial charge is 0.301 e. The predicted octanol–water partition coefficient (Wildman–Crippen LogP) is 4.41. The third kappa shape index (κ3) is 3.30. The minimum Gasteiger partial charge on any atom is -0.301 e. The minimum absolute atomic E-state index is 0.0789. The number of ketones is 1. The molecule has 0 aliphatic rings. The number of rotatable bonds is 4. The molecule has 3 rings (SSSR count). The molecule has 0 aromatic heterocycles. The van der Waals surface area contributed by atoms with E-state index in [1.54, 1.807) is 36.4 Å². The first kappa shape index (κ1) is 17.2. The molecule has 128 valence electrons. The number of hydrogen-bond acceptors (Lipinski definition) is 2. The summed E-state index contributed by atoms with van der Waals surface area (Å²) in [6, 6.07) is 20.4. The number of aryl methyl sites for hydroxylation is 1. The van der Waals surface area contributed by atoms with Gasteiger partial charge < -0.3 is 9.11 Å². The topological polar surface area (TPSA) is 74.6 Å². The Balaban J connectivity index is 1.98. The second-order valence-corrected chi connectivity index (χ2v) is 8.57. The molecule has 25 heavy (non-hydrogen) atoms. The summed E-state index contributed by atoms with van der Waals surface area (Å²) in [6.45, 7) is 1.85. The van der Waals surface area contributed by atoms with E-state index < -0.39 is 9.63 Å². The van der Waals surface area contributed by atoms with Crippen LogP contribution in [0.1, 0.15) is 21.5 Å². The van der Waals surface area contributed by atoms with E-state index >= 15 is 0 Å². The van der Waals surface area contributed by atoms with Crippen molar-refractivity contribution >= 4 is 15.4 Å². The highest BCUT2D eigenvalue weighted by Gasteiger charge is 2.35. The lowest BCUT2D eigenvalue weighted by atomic mass is 10.0. The molecule has 0 atom stereocenters. The molecular weight excluding hydrogens is 336 g/mol. The van der Waals surface area contributed by atoms with Gasteiger partial charge >= 0.3 is 0 Å². The van der Waals surface area contributed by atoms with Gasteiger partial charge in [0.15, 0.2) is 5.78 Å². The Morgan fingerprint density at radius 1 is 0.720 bits per heavy atom. The van der Waals surface area contributed by atoms with E-state index in [1.165, 1.54) is 36.4 Å². The first-order chi connectivity index (χ1) is 11.8. The maximum absolute atomic E-state index is 12.9. The summed E-state index contributed by atoms with van der Waals surface area (Å²) in [5, 5.41) is 0. The molecule has 5 heteroatoms. The fourth-order valence-corrected chi connectivity index (χ4v) is 4.05. The van der Waals surface area contributed by atoms with E-state index in [0.29, 0.717) is 11.1 Å². The van der Waals surface area contributed by atoms with Crippen molar-refractivity contribution in [3.8, 4) is 0 Å². The van der Waals surface area contributed by atoms with Crippen molar-refractivity contribution in [2.45, 2.75) is 16.7 Å². The van der Waals surface area contributed by atoms with E-state index in [2.05, 4.69) is 0 Å². The quantitative estimate of drug-likeness (QED) is 0.681. The minimum atomic E-state index is -5.18. The fraction of sp³-hybridized carbons (Fsp3) is 0.0500. The Kier molecular flexibility index (Phi) is 4.16. The summed E-state index contributed by atoms with van der Waals surface area (Å²) in [5.41, 5.74) is 1.82. The smallest absolute Gasteiger partial charge is 0.193 e. The maximum Gasteiger partial charge on any atom is 0.193 e. The van der Waals surface area contributed by atoms with Crippen LogP contribution in [0.15, 0.2) is 88.7 Å². The molecule has 3 aromatic rings. The van der Waals surface area contributed by atoms with Crippen LogP contribution in [-0.4, -0.2) is 19.1 Å². The van der Waals surface area contributed by atoms with Crippen molar-refractivity contribution in [2.24, 2.45) is 0 Å². The van der Waals surface area contributed by atoms with Crippen LogP contribution in [0.3, 0.4) is 0 Å². The van der Waals surface area contributed by atoms with Gasteiger partial charge in [-0.25, -0.2) is 4.21 Å². The van der Waals surface area contributed by atoms with Gasteiger partial charge in [-0.3, -0.25) is 4.79 Å². The Morgan fingerprint density at radius 3 is 1.68 bits per heavy atom. The van der Waals surface area contributed by atoms with E-state index in [-0.39, 0.29) is 15.6 Å². The highest BCUT2D eigenvalue weighted by molar-refractivity contribution is 8.10. The highest BCUT2D eigenvalue weighted by Crippen LogP contribution is 2.37. The number of benzene rings is 3. The standard InChI is InChI=1S/C20H18O4S/c1-15-7-11-18(12-8-15)25(22,23,24)19-13-9-17(10-14-19)20(21)16-5-3-2-4-6-16/h2-14H,1H3,(H2,22,23,24). The average Bonchev–Trinajstić information content (AvgIpc) is 2.62. The van der Waals surface area contributed by atoms with E-state index in [9.17, 15) is 18.1 Å². The molecule has 3 aromatic carbocycles. The van der Waals surface area contributed by atoms with Crippen LogP contribution < -0.4 is 0 Å². The predicted molar refractivity (Wildman–Crippen MR) is 97.4 cm³/mol. The summed E-state index contributed by atoms with van der Waals surface area (Å²) >= 11 is 0. The van der Waals surface area contributed by atoms with Gasteiger partial charge in [0.25, 0.3) is 0 Å². The third-order valence-electron chi connectivity index (χ3n) is 4.02. The van der Waals surface area contributed by atoms with Crippen LogP contribution in [0.2, 0.25) is 0 Å². The number of hydrogen-bond donors (Lipinski definition) is 2. The molecule has 0 heterocycles. The zero-order valence-corrected chi connectivity index (χ0v) is 14.4. The third-order valence-corrected chi connectivity index (χ3v) is 6.27. The molecule has 0 bridgehead atoms. The lowest BCUT2D eigenvalue weighted by molar-refractivity contribution is 0.103. The molecule has 0 saturated heterocycles. The molecule has 0 unspecified atom stereocenters. The van der Waals surface area contributed by atoms with Crippen molar-refractivity contribution < 1.29 is 18.1 Å². The van der Waals surface area contributed by atoms with E-state index in [4.69, 9.17) is 0 Å². The van der Waals surface area contributed by atoms with Gasteiger partial charge in [0.2, 0.25) is 0 Å². The molecule has 0 aliphatic carbocycles. The Labute approximate surface area is 146 Å². The molecule has 0 spiro atoms. The monoisotopic (exact) mass is 354 g/mol. The average molecular weight is 354 g/mol. The summed E-state index contributed by atoms with van der Waals surface area (Å²) < 4.78 is 33.8. The number of carbonyl (C=O) groups is 1. The van der Waals surface area contributed by atoms with Gasteiger partial charge in [-0.05, 0) is 43.3 Å². The Bertz CT molecular complexity index is 968. The van der Waals surface area contributed by atoms with Gasteiger partial charge in [0.1, 0.15) is 9.63 Å². The number of carbonyl (C=O) groups excluding carboxylic acids is 1. The summed E-state index contributed by atoms with van der Waals surface area (Å²) in [4.78, 5) is 12.2. The Hall–Kier alpha value is -2.60. The molecule has 0 radical (unpaired) electrons. The highest BCUT2D eigenvalue weighted by atomic mass is 32.3. The lowest BCUT2D eigenvalue weighted by Crippen LogP contribution is -2.31. The molecular formula is C20H18O4S. The SMILES string of the molecule is Cc1ccc(S(=O)(O)(O)c2ccc(C(=O)c3ccccc3)cc2)cc1. The van der Waals surface area contributed by atoms with Crippen molar-refractivity contribution in [1.29, 1.82) is 0 Å². The van der Waals surface area contributed by atoms with Crippen molar-refractivity contribution in [1.82, 2.24) is 0 Å². The van der Waals surface area contributed by atoms with Gasteiger partial charge in [0.05, 0.1) is 9.79 Å². The van der Waals surface area contributed by atoms with Gasteiger partial charge in [0, 0.05) is 11.1 Å².